The van der Waals surface area contributed by atoms with Crippen molar-refractivity contribution >= 4 is 29.3 Å². The number of benzene rings is 3. The van der Waals surface area contributed by atoms with E-state index in [0.29, 0.717) is 10.6 Å². The maximum atomic E-state index is 12.8. The van der Waals surface area contributed by atoms with Crippen LogP contribution in [0.3, 0.4) is 0 Å². The Morgan fingerprint density at radius 2 is 1.56 bits per heavy atom. The quantitative estimate of drug-likeness (QED) is 0.428. The van der Waals surface area contributed by atoms with Crippen molar-refractivity contribution in [3.63, 3.8) is 0 Å². The first-order valence-electron chi connectivity index (χ1n) is 11.3. The Morgan fingerprint density at radius 1 is 0.906 bits per heavy atom. The molecule has 1 N–H and O–H groups in total. The van der Waals surface area contributed by atoms with Crippen molar-refractivity contribution in [2.24, 2.45) is 0 Å². The molecule has 1 aliphatic rings. The number of rotatable bonds is 7. The van der Waals surface area contributed by atoms with Crippen molar-refractivity contribution in [2.75, 3.05) is 25.0 Å². The summed E-state index contributed by atoms with van der Waals surface area (Å²) in [4.78, 5) is 15.2. The molecule has 1 amide bonds. The van der Waals surface area contributed by atoms with E-state index in [9.17, 15) is 4.79 Å². The van der Waals surface area contributed by atoms with E-state index in [0.717, 1.165) is 49.3 Å². The van der Waals surface area contributed by atoms with Crippen LogP contribution in [0.1, 0.15) is 41.8 Å². The molecule has 0 saturated carbocycles. The molecule has 3 aromatic rings. The van der Waals surface area contributed by atoms with Crippen LogP contribution in [-0.2, 0) is 6.42 Å². The lowest BCUT2D eigenvalue weighted by Crippen LogP contribution is -2.26. The van der Waals surface area contributed by atoms with E-state index in [-0.39, 0.29) is 5.91 Å². The topological polar surface area (TPSA) is 32.3 Å². The van der Waals surface area contributed by atoms with Gasteiger partial charge in [-0.15, -0.1) is 0 Å². The van der Waals surface area contributed by atoms with Crippen molar-refractivity contribution in [3.05, 3.63) is 94.0 Å². The summed E-state index contributed by atoms with van der Waals surface area (Å²) in [6, 6.07) is 21.6. The number of carbonyl (C=O) groups excluding carboxylic acids is 1. The van der Waals surface area contributed by atoms with Crippen LogP contribution in [0.2, 0.25) is 5.02 Å². The molecule has 1 aliphatic carbocycles. The Morgan fingerprint density at radius 3 is 2.22 bits per heavy atom. The Labute approximate surface area is 195 Å². The van der Waals surface area contributed by atoms with Crippen LogP contribution in [0, 0.1) is 0 Å². The first-order valence-corrected chi connectivity index (χ1v) is 11.7. The lowest BCUT2D eigenvalue weighted by molar-refractivity contribution is 0.102. The largest absolute Gasteiger partial charge is 0.322 e. The third-order valence-electron chi connectivity index (χ3n) is 6.12. The number of aryl methyl sites for hydroxylation is 1. The maximum Gasteiger partial charge on any atom is 0.255 e. The number of hydrogen-bond donors (Lipinski definition) is 1. The zero-order valence-electron chi connectivity index (χ0n) is 18.7. The van der Waals surface area contributed by atoms with E-state index < -0.39 is 0 Å². The number of nitrogens with one attached hydrogen (secondary N) is 1. The molecule has 0 heterocycles. The molecule has 0 unspecified atom stereocenters. The lowest BCUT2D eigenvalue weighted by Gasteiger charge is -2.23. The third kappa shape index (κ3) is 5.29. The Bertz CT molecular complexity index is 1110. The molecule has 32 heavy (non-hydrogen) atoms. The molecular weight excluding hydrogens is 416 g/mol. The van der Waals surface area contributed by atoms with Gasteiger partial charge < -0.3 is 5.32 Å². The molecule has 3 aromatic carbocycles. The molecular formula is C28H29ClN2O. The zero-order valence-corrected chi connectivity index (χ0v) is 19.5. The summed E-state index contributed by atoms with van der Waals surface area (Å²) in [6.07, 6.45) is 4.41. The molecule has 0 saturated heterocycles. The molecule has 0 radical (unpaired) electrons. The van der Waals surface area contributed by atoms with Gasteiger partial charge in [0.15, 0.2) is 0 Å². The van der Waals surface area contributed by atoms with Gasteiger partial charge in [-0.3, -0.25) is 9.69 Å². The van der Waals surface area contributed by atoms with Crippen LogP contribution in [0.5, 0.6) is 0 Å². The fourth-order valence-electron chi connectivity index (χ4n) is 4.15. The van der Waals surface area contributed by atoms with Gasteiger partial charge in [-0.05, 0) is 84.6 Å². The van der Waals surface area contributed by atoms with E-state index >= 15 is 0 Å². The van der Waals surface area contributed by atoms with E-state index in [2.05, 4.69) is 42.3 Å². The fourth-order valence-corrected chi connectivity index (χ4v) is 4.27. The van der Waals surface area contributed by atoms with Crippen molar-refractivity contribution in [2.45, 2.75) is 26.7 Å². The minimum atomic E-state index is -0.0961. The second kappa shape index (κ2) is 10.2. The first-order chi connectivity index (χ1) is 15.6. The maximum absolute atomic E-state index is 12.8. The number of carbonyl (C=O) groups is 1. The van der Waals surface area contributed by atoms with Crippen LogP contribution in [0.15, 0.2) is 72.3 Å². The van der Waals surface area contributed by atoms with Crippen LogP contribution in [0.25, 0.3) is 17.2 Å². The van der Waals surface area contributed by atoms with Gasteiger partial charge in [0.05, 0.1) is 0 Å². The highest BCUT2D eigenvalue weighted by atomic mass is 35.5. The summed E-state index contributed by atoms with van der Waals surface area (Å²) in [7, 11) is 0. The minimum Gasteiger partial charge on any atom is -0.322 e. The van der Waals surface area contributed by atoms with Crippen molar-refractivity contribution in [1.82, 2.24) is 4.90 Å². The van der Waals surface area contributed by atoms with Crippen LogP contribution >= 0.6 is 11.6 Å². The van der Waals surface area contributed by atoms with Crippen molar-refractivity contribution in [1.29, 1.82) is 0 Å². The highest BCUT2D eigenvalue weighted by Crippen LogP contribution is 2.28. The van der Waals surface area contributed by atoms with E-state index in [1.54, 1.807) is 0 Å². The SMILES string of the molecule is CCN(CC)CC1=Cc2ccc(NC(=O)c3ccc(-c4ccc(Cl)cc4)cc3)cc2CC1. The molecule has 0 atom stereocenters. The Kier molecular flexibility index (Phi) is 7.09. The van der Waals surface area contributed by atoms with E-state index in [4.69, 9.17) is 11.6 Å². The molecule has 0 spiro atoms. The second-order valence-corrected chi connectivity index (χ2v) is 8.65. The van der Waals surface area contributed by atoms with Crippen molar-refractivity contribution < 1.29 is 4.79 Å². The Balaban J connectivity index is 1.43. The highest BCUT2D eigenvalue weighted by Gasteiger charge is 2.14. The molecule has 0 bridgehead atoms. The predicted octanol–water partition coefficient (Wildman–Crippen LogP) is 6.93. The van der Waals surface area contributed by atoms with Gasteiger partial charge in [-0.25, -0.2) is 0 Å². The van der Waals surface area contributed by atoms with E-state index in [1.165, 1.54) is 16.7 Å². The summed E-state index contributed by atoms with van der Waals surface area (Å²) in [5.41, 5.74) is 7.66. The normalized spacial score (nSPS) is 12.9. The number of halogens is 1. The van der Waals surface area contributed by atoms with Gasteiger partial charge in [0, 0.05) is 22.8 Å². The molecule has 0 aliphatic heterocycles. The van der Waals surface area contributed by atoms with Crippen LogP contribution in [0.4, 0.5) is 5.69 Å². The number of nitrogens with zero attached hydrogens (tertiary/aromatic N) is 1. The Hall–Kier alpha value is -2.88. The minimum absolute atomic E-state index is 0.0961. The summed E-state index contributed by atoms with van der Waals surface area (Å²) in [5.74, 6) is -0.0961. The van der Waals surface area contributed by atoms with Gasteiger partial charge in [-0.1, -0.05) is 67.4 Å². The van der Waals surface area contributed by atoms with Crippen LogP contribution in [-0.4, -0.2) is 30.4 Å². The number of fused-ring (bicyclic) bond motifs is 1. The number of amides is 1. The van der Waals surface area contributed by atoms with Crippen molar-refractivity contribution in [3.8, 4) is 11.1 Å². The molecule has 4 rings (SSSR count). The lowest BCUT2D eigenvalue weighted by atomic mass is 9.91. The van der Waals surface area contributed by atoms with E-state index in [1.807, 2.05) is 54.6 Å². The van der Waals surface area contributed by atoms with Gasteiger partial charge in [-0.2, -0.15) is 0 Å². The molecule has 0 fully saturated rings. The summed E-state index contributed by atoms with van der Waals surface area (Å²) < 4.78 is 0. The first kappa shape index (κ1) is 22.3. The smallest absolute Gasteiger partial charge is 0.255 e. The third-order valence-corrected chi connectivity index (χ3v) is 6.37. The molecule has 3 nitrogen and oxygen atoms in total. The monoisotopic (exact) mass is 444 g/mol. The second-order valence-electron chi connectivity index (χ2n) is 8.22. The van der Waals surface area contributed by atoms with Crippen LogP contribution < -0.4 is 5.32 Å². The number of likely N-dealkylation sites (N-methyl/N-ethyl adjacent to an activating group) is 1. The zero-order chi connectivity index (χ0) is 22.5. The summed E-state index contributed by atoms with van der Waals surface area (Å²) in [6.45, 7) is 7.61. The standard InChI is InChI=1S/C28H29ClN2O/c1-3-31(4-2)19-20-5-6-25-18-27(16-13-24(25)17-20)30-28(32)23-9-7-21(8-10-23)22-11-14-26(29)15-12-22/h7-18H,3-6,19H2,1-2H3,(H,30,32). The molecule has 0 aromatic heterocycles. The number of anilines is 1. The average molecular weight is 445 g/mol. The van der Waals surface area contributed by atoms with Gasteiger partial charge in [0.1, 0.15) is 0 Å². The highest BCUT2D eigenvalue weighted by molar-refractivity contribution is 6.30. The average Bonchev–Trinajstić information content (AvgIpc) is 2.83. The van der Waals surface area contributed by atoms with Gasteiger partial charge in [0.25, 0.3) is 5.91 Å². The summed E-state index contributed by atoms with van der Waals surface area (Å²) >= 11 is 5.97. The summed E-state index contributed by atoms with van der Waals surface area (Å²) in [5, 5.41) is 3.76. The van der Waals surface area contributed by atoms with Gasteiger partial charge >= 0.3 is 0 Å². The molecule has 164 valence electrons. The fraction of sp³-hybridized carbons (Fsp3) is 0.250. The predicted molar refractivity (Wildman–Crippen MR) is 135 cm³/mol. The molecule has 4 heteroatoms. The number of hydrogen-bond acceptors (Lipinski definition) is 2. The van der Waals surface area contributed by atoms with Gasteiger partial charge in [0.2, 0.25) is 0 Å².